The average Bonchev–Trinajstić information content (AvgIpc) is 2.26. The maximum atomic E-state index is 6.02. The molecule has 0 aliphatic rings. The minimum atomic E-state index is 0.434. The van der Waals surface area contributed by atoms with Crippen LogP contribution in [0.3, 0.4) is 0 Å². The second-order valence-electron chi connectivity index (χ2n) is 4.15. The van der Waals surface area contributed by atoms with Crippen molar-refractivity contribution >= 4 is 11.6 Å². The van der Waals surface area contributed by atoms with Gasteiger partial charge in [0.25, 0.3) is 0 Å². The van der Waals surface area contributed by atoms with Crippen LogP contribution in [0.15, 0.2) is 24.3 Å². The number of ether oxygens (including phenoxy) is 1. The van der Waals surface area contributed by atoms with Gasteiger partial charge in [-0.15, -0.1) is 0 Å². The smallest absolute Gasteiger partial charge is 0.0494 e. The number of hydrogen-bond acceptors (Lipinski definition) is 2. The summed E-state index contributed by atoms with van der Waals surface area (Å²) in [5, 5.41) is 4.02. The number of halogens is 1. The molecule has 2 atom stereocenters. The summed E-state index contributed by atoms with van der Waals surface area (Å²) in [5.41, 5.74) is 1.27. The van der Waals surface area contributed by atoms with Crippen molar-refractivity contribution in [1.82, 2.24) is 5.32 Å². The Morgan fingerprint density at radius 2 is 2.19 bits per heavy atom. The summed E-state index contributed by atoms with van der Waals surface area (Å²) >= 11 is 6.02. The quantitative estimate of drug-likeness (QED) is 0.827. The van der Waals surface area contributed by atoms with E-state index in [1.54, 1.807) is 7.11 Å². The van der Waals surface area contributed by atoms with Crippen molar-refractivity contribution in [2.45, 2.75) is 12.8 Å². The molecule has 16 heavy (non-hydrogen) atoms. The Hall–Kier alpha value is -0.570. The molecule has 0 aliphatic carbocycles. The first-order valence-corrected chi connectivity index (χ1v) is 5.95. The molecular weight excluding hydrogens is 222 g/mol. The molecule has 0 aromatic heterocycles. The van der Waals surface area contributed by atoms with Crippen molar-refractivity contribution in [1.29, 1.82) is 0 Å². The molecule has 0 bridgehead atoms. The molecule has 1 aromatic rings. The summed E-state index contributed by atoms with van der Waals surface area (Å²) in [7, 11) is 3.71. The summed E-state index contributed by atoms with van der Waals surface area (Å²) in [6, 6.07) is 8.07. The lowest BCUT2D eigenvalue weighted by molar-refractivity contribution is 0.146. The molecule has 0 fully saturated rings. The summed E-state index contributed by atoms with van der Waals surface area (Å²) in [5.74, 6) is 0.902. The largest absolute Gasteiger partial charge is 0.384 e. The Balaban J connectivity index is 2.83. The molecule has 0 aliphatic heterocycles. The fraction of sp³-hybridized carbons (Fsp3) is 0.538. The van der Waals surface area contributed by atoms with Gasteiger partial charge in [0.05, 0.1) is 0 Å². The minimum Gasteiger partial charge on any atom is -0.384 e. The van der Waals surface area contributed by atoms with Crippen LogP contribution < -0.4 is 5.32 Å². The zero-order chi connectivity index (χ0) is 12.0. The van der Waals surface area contributed by atoms with Crippen molar-refractivity contribution in [2.24, 2.45) is 5.92 Å². The van der Waals surface area contributed by atoms with Crippen molar-refractivity contribution in [2.75, 3.05) is 27.3 Å². The summed E-state index contributed by atoms with van der Waals surface area (Å²) in [6.07, 6.45) is 0. The predicted octanol–water partition coefficient (Wildman–Crippen LogP) is 2.93. The monoisotopic (exact) mass is 241 g/mol. The van der Waals surface area contributed by atoms with Crippen LogP contribution in [-0.2, 0) is 4.74 Å². The van der Waals surface area contributed by atoms with Gasteiger partial charge in [0, 0.05) is 31.2 Å². The first-order chi connectivity index (χ1) is 7.69. The zero-order valence-corrected chi connectivity index (χ0v) is 10.9. The molecule has 0 amide bonds. The molecule has 0 saturated carbocycles. The van der Waals surface area contributed by atoms with Crippen LogP contribution in [0.2, 0.25) is 5.02 Å². The summed E-state index contributed by atoms with van der Waals surface area (Å²) < 4.78 is 5.22. The molecule has 0 saturated heterocycles. The van der Waals surface area contributed by atoms with Gasteiger partial charge < -0.3 is 10.1 Å². The SMILES string of the molecule is CNCC(c1cccc(Cl)c1)C(C)COC. The Morgan fingerprint density at radius 1 is 1.44 bits per heavy atom. The van der Waals surface area contributed by atoms with Crippen molar-refractivity contribution in [3.63, 3.8) is 0 Å². The molecule has 1 rings (SSSR count). The second kappa shape index (κ2) is 6.89. The van der Waals surface area contributed by atoms with E-state index in [1.165, 1.54) is 5.56 Å². The Kier molecular flexibility index (Phi) is 5.81. The maximum absolute atomic E-state index is 6.02. The van der Waals surface area contributed by atoms with Gasteiger partial charge in [0.1, 0.15) is 0 Å². The fourth-order valence-electron chi connectivity index (χ4n) is 1.98. The first kappa shape index (κ1) is 13.5. The van der Waals surface area contributed by atoms with E-state index in [0.29, 0.717) is 11.8 Å². The number of nitrogens with one attached hydrogen (secondary N) is 1. The van der Waals surface area contributed by atoms with Gasteiger partial charge in [-0.3, -0.25) is 0 Å². The molecule has 1 aromatic carbocycles. The predicted molar refractivity (Wildman–Crippen MR) is 69.2 cm³/mol. The Morgan fingerprint density at radius 3 is 2.75 bits per heavy atom. The number of benzene rings is 1. The molecule has 0 heterocycles. The third-order valence-corrected chi connectivity index (χ3v) is 3.05. The van der Waals surface area contributed by atoms with E-state index in [2.05, 4.69) is 18.3 Å². The zero-order valence-electron chi connectivity index (χ0n) is 10.2. The van der Waals surface area contributed by atoms with E-state index in [4.69, 9.17) is 16.3 Å². The highest BCUT2D eigenvalue weighted by atomic mass is 35.5. The van der Waals surface area contributed by atoms with Crippen LogP contribution in [-0.4, -0.2) is 27.3 Å². The van der Waals surface area contributed by atoms with Gasteiger partial charge >= 0.3 is 0 Å². The van der Waals surface area contributed by atoms with Gasteiger partial charge in [-0.2, -0.15) is 0 Å². The number of hydrogen-bond donors (Lipinski definition) is 1. The van der Waals surface area contributed by atoms with E-state index >= 15 is 0 Å². The van der Waals surface area contributed by atoms with Gasteiger partial charge in [-0.1, -0.05) is 30.7 Å². The van der Waals surface area contributed by atoms with E-state index in [-0.39, 0.29) is 0 Å². The lowest BCUT2D eigenvalue weighted by atomic mass is 9.87. The van der Waals surface area contributed by atoms with Crippen molar-refractivity contribution in [3.8, 4) is 0 Å². The molecule has 2 unspecified atom stereocenters. The molecule has 90 valence electrons. The second-order valence-corrected chi connectivity index (χ2v) is 4.59. The number of likely N-dealkylation sites (N-methyl/N-ethyl adjacent to an activating group) is 1. The van der Waals surface area contributed by atoms with Gasteiger partial charge in [-0.05, 0) is 30.7 Å². The molecule has 3 heteroatoms. The number of methoxy groups -OCH3 is 1. The van der Waals surface area contributed by atoms with E-state index in [1.807, 2.05) is 25.2 Å². The molecule has 1 N–H and O–H groups in total. The molecule has 0 spiro atoms. The van der Waals surface area contributed by atoms with Gasteiger partial charge in [0.15, 0.2) is 0 Å². The normalized spacial score (nSPS) is 14.8. The van der Waals surface area contributed by atoms with Gasteiger partial charge in [-0.25, -0.2) is 0 Å². The van der Waals surface area contributed by atoms with Crippen LogP contribution in [0.5, 0.6) is 0 Å². The highest BCUT2D eigenvalue weighted by Crippen LogP contribution is 2.26. The lowest BCUT2D eigenvalue weighted by Crippen LogP contribution is -2.25. The van der Waals surface area contributed by atoms with Crippen molar-refractivity contribution in [3.05, 3.63) is 34.9 Å². The Bertz CT molecular complexity index is 317. The molecule has 2 nitrogen and oxygen atoms in total. The summed E-state index contributed by atoms with van der Waals surface area (Å²) in [6.45, 7) is 3.90. The topological polar surface area (TPSA) is 21.3 Å². The third-order valence-electron chi connectivity index (χ3n) is 2.82. The van der Waals surface area contributed by atoms with Crippen LogP contribution in [0, 0.1) is 5.92 Å². The van der Waals surface area contributed by atoms with E-state index in [9.17, 15) is 0 Å². The Labute approximate surface area is 103 Å². The van der Waals surface area contributed by atoms with Crippen LogP contribution >= 0.6 is 11.6 Å². The molecular formula is C13H20ClNO. The third kappa shape index (κ3) is 3.78. The molecule has 0 radical (unpaired) electrons. The highest BCUT2D eigenvalue weighted by Gasteiger charge is 2.18. The van der Waals surface area contributed by atoms with Crippen LogP contribution in [0.25, 0.3) is 0 Å². The standard InChI is InChI=1S/C13H20ClNO/c1-10(9-16-3)13(8-15-2)11-5-4-6-12(14)7-11/h4-7,10,13,15H,8-9H2,1-3H3. The van der Waals surface area contributed by atoms with Crippen LogP contribution in [0.4, 0.5) is 0 Å². The van der Waals surface area contributed by atoms with E-state index in [0.717, 1.165) is 18.2 Å². The van der Waals surface area contributed by atoms with Crippen molar-refractivity contribution < 1.29 is 4.74 Å². The lowest BCUT2D eigenvalue weighted by Gasteiger charge is -2.23. The summed E-state index contributed by atoms with van der Waals surface area (Å²) in [4.78, 5) is 0. The van der Waals surface area contributed by atoms with Crippen LogP contribution in [0.1, 0.15) is 18.4 Å². The first-order valence-electron chi connectivity index (χ1n) is 5.58. The average molecular weight is 242 g/mol. The van der Waals surface area contributed by atoms with Gasteiger partial charge in [0.2, 0.25) is 0 Å². The highest BCUT2D eigenvalue weighted by molar-refractivity contribution is 6.30. The fourth-order valence-corrected chi connectivity index (χ4v) is 2.18. The van der Waals surface area contributed by atoms with E-state index < -0.39 is 0 Å². The minimum absolute atomic E-state index is 0.434. The number of rotatable bonds is 6. The maximum Gasteiger partial charge on any atom is 0.0494 e.